The summed E-state index contributed by atoms with van der Waals surface area (Å²) in [5.74, 6) is -0.954. The lowest BCUT2D eigenvalue weighted by molar-refractivity contribution is -0.119. The van der Waals surface area contributed by atoms with E-state index in [-0.39, 0.29) is 10.8 Å². The molecule has 0 spiro atoms. The fraction of sp³-hybridized carbons (Fsp3) is 0.0800. The summed E-state index contributed by atoms with van der Waals surface area (Å²) in [7, 11) is 1.52. The zero-order chi connectivity index (χ0) is 24.1. The van der Waals surface area contributed by atoms with Crippen molar-refractivity contribution >= 4 is 62.2 Å². The number of anilines is 2. The van der Waals surface area contributed by atoms with Crippen LogP contribution in [0.25, 0.3) is 10.1 Å². The molecule has 0 radical (unpaired) electrons. The smallest absolute Gasteiger partial charge is 0.350 e. The highest BCUT2D eigenvalue weighted by atomic mass is 35.5. The standard InChI is InChI=1S/C25H19ClN2O5S/c1-32-19-8-4-3-7-18(19)28-24(30)15-10-12-16(13-11-15)27-21(29)14-33-25(31)23-22(26)17-6-2-5-9-20(17)34-23/h2-13H,14H2,1H3,(H,27,29)(H,28,30). The van der Waals surface area contributed by atoms with E-state index in [4.69, 9.17) is 21.1 Å². The maximum absolute atomic E-state index is 12.5. The molecule has 4 rings (SSSR count). The summed E-state index contributed by atoms with van der Waals surface area (Å²) >= 11 is 7.49. The molecule has 0 fully saturated rings. The van der Waals surface area contributed by atoms with E-state index < -0.39 is 18.5 Å². The molecule has 0 aliphatic heterocycles. The number of para-hydroxylation sites is 2. The Morgan fingerprint density at radius 1 is 0.912 bits per heavy atom. The van der Waals surface area contributed by atoms with Crippen LogP contribution in [-0.2, 0) is 9.53 Å². The molecule has 0 aliphatic rings. The van der Waals surface area contributed by atoms with Gasteiger partial charge >= 0.3 is 5.97 Å². The summed E-state index contributed by atoms with van der Waals surface area (Å²) in [6, 6.07) is 20.7. The van der Waals surface area contributed by atoms with Crippen molar-refractivity contribution in [3.63, 3.8) is 0 Å². The Morgan fingerprint density at radius 2 is 1.62 bits per heavy atom. The number of ether oxygens (including phenoxy) is 2. The molecule has 34 heavy (non-hydrogen) atoms. The van der Waals surface area contributed by atoms with Crippen molar-refractivity contribution in [1.82, 2.24) is 0 Å². The maximum atomic E-state index is 12.5. The highest BCUT2D eigenvalue weighted by Gasteiger charge is 2.19. The second-order valence-corrected chi connectivity index (χ2v) is 8.53. The van der Waals surface area contributed by atoms with Gasteiger partial charge in [0.15, 0.2) is 6.61 Å². The molecule has 2 amide bonds. The van der Waals surface area contributed by atoms with E-state index in [1.54, 1.807) is 48.5 Å². The quantitative estimate of drug-likeness (QED) is 0.326. The number of hydrogen-bond acceptors (Lipinski definition) is 6. The van der Waals surface area contributed by atoms with E-state index in [1.807, 2.05) is 24.3 Å². The number of amides is 2. The van der Waals surface area contributed by atoms with Crippen molar-refractivity contribution in [3.05, 3.63) is 88.3 Å². The molecular formula is C25H19ClN2O5S. The highest BCUT2D eigenvalue weighted by molar-refractivity contribution is 7.21. The topological polar surface area (TPSA) is 93.7 Å². The minimum Gasteiger partial charge on any atom is -0.495 e. The third-order valence-corrected chi connectivity index (χ3v) is 6.50. The van der Waals surface area contributed by atoms with Crippen molar-refractivity contribution in [2.24, 2.45) is 0 Å². The fourth-order valence-corrected chi connectivity index (χ4v) is 4.59. The van der Waals surface area contributed by atoms with Crippen LogP contribution >= 0.6 is 22.9 Å². The Labute approximate surface area is 204 Å². The van der Waals surface area contributed by atoms with Gasteiger partial charge < -0.3 is 20.1 Å². The van der Waals surface area contributed by atoms with E-state index in [0.717, 1.165) is 10.1 Å². The Bertz CT molecular complexity index is 1370. The van der Waals surface area contributed by atoms with Gasteiger partial charge in [0.2, 0.25) is 0 Å². The van der Waals surface area contributed by atoms with Crippen molar-refractivity contribution in [3.8, 4) is 5.75 Å². The van der Waals surface area contributed by atoms with Gasteiger partial charge in [-0.05, 0) is 42.5 Å². The number of esters is 1. The summed E-state index contributed by atoms with van der Waals surface area (Å²) in [5, 5.41) is 6.49. The highest BCUT2D eigenvalue weighted by Crippen LogP contribution is 2.35. The molecule has 1 aromatic heterocycles. The zero-order valence-electron chi connectivity index (χ0n) is 18.0. The first kappa shape index (κ1) is 23.3. The molecule has 0 saturated carbocycles. The lowest BCUT2D eigenvalue weighted by Crippen LogP contribution is -2.20. The molecule has 3 aromatic carbocycles. The van der Waals surface area contributed by atoms with Gasteiger partial charge in [0.25, 0.3) is 11.8 Å². The molecule has 0 saturated heterocycles. The first-order chi connectivity index (χ1) is 16.5. The number of carbonyl (C=O) groups is 3. The molecule has 7 nitrogen and oxygen atoms in total. The lowest BCUT2D eigenvalue weighted by Gasteiger charge is -2.10. The number of carbonyl (C=O) groups excluding carboxylic acids is 3. The van der Waals surface area contributed by atoms with Gasteiger partial charge in [-0.15, -0.1) is 11.3 Å². The summed E-state index contributed by atoms with van der Waals surface area (Å²) in [5.41, 5.74) is 1.40. The van der Waals surface area contributed by atoms with Crippen LogP contribution in [0.2, 0.25) is 5.02 Å². The molecule has 172 valence electrons. The minimum atomic E-state index is -0.662. The third-order valence-electron chi connectivity index (χ3n) is 4.84. The molecule has 1 heterocycles. The number of methoxy groups -OCH3 is 1. The Hall–Kier alpha value is -3.88. The van der Waals surface area contributed by atoms with Gasteiger partial charge in [-0.3, -0.25) is 9.59 Å². The van der Waals surface area contributed by atoms with Crippen molar-refractivity contribution < 1.29 is 23.9 Å². The summed E-state index contributed by atoms with van der Waals surface area (Å²) in [4.78, 5) is 37.4. The molecule has 4 aromatic rings. The van der Waals surface area contributed by atoms with Gasteiger partial charge in [0.1, 0.15) is 10.6 Å². The number of fused-ring (bicyclic) bond motifs is 1. The van der Waals surface area contributed by atoms with Crippen molar-refractivity contribution in [2.45, 2.75) is 0 Å². The normalized spacial score (nSPS) is 10.5. The van der Waals surface area contributed by atoms with E-state index >= 15 is 0 Å². The Kier molecular flexibility index (Phi) is 7.10. The summed E-state index contributed by atoms with van der Waals surface area (Å²) in [6.45, 7) is -0.473. The molecule has 0 atom stereocenters. The van der Waals surface area contributed by atoms with Crippen LogP contribution in [0, 0.1) is 0 Å². The van der Waals surface area contributed by atoms with Gasteiger partial charge in [0.05, 0.1) is 17.8 Å². The SMILES string of the molecule is COc1ccccc1NC(=O)c1ccc(NC(=O)COC(=O)c2sc3ccccc3c2Cl)cc1. The fourth-order valence-electron chi connectivity index (χ4n) is 3.19. The molecule has 9 heteroatoms. The number of halogens is 1. The predicted octanol–water partition coefficient (Wildman–Crippen LogP) is 5.61. The van der Waals surface area contributed by atoms with E-state index in [9.17, 15) is 14.4 Å². The van der Waals surface area contributed by atoms with Crippen LogP contribution in [0.15, 0.2) is 72.8 Å². The second kappa shape index (κ2) is 10.4. The maximum Gasteiger partial charge on any atom is 0.350 e. The third kappa shape index (κ3) is 5.19. The minimum absolute atomic E-state index is 0.251. The first-order valence-corrected chi connectivity index (χ1v) is 11.3. The first-order valence-electron chi connectivity index (χ1n) is 10.1. The number of hydrogen-bond donors (Lipinski definition) is 2. The van der Waals surface area contributed by atoms with Crippen molar-refractivity contribution in [1.29, 1.82) is 0 Å². The van der Waals surface area contributed by atoms with Crippen LogP contribution < -0.4 is 15.4 Å². The van der Waals surface area contributed by atoms with Gasteiger partial charge in [-0.25, -0.2) is 4.79 Å². The lowest BCUT2D eigenvalue weighted by atomic mass is 10.2. The molecule has 2 N–H and O–H groups in total. The summed E-state index contributed by atoms with van der Waals surface area (Å²) in [6.07, 6.45) is 0. The van der Waals surface area contributed by atoms with Gasteiger partial charge in [0, 0.05) is 21.3 Å². The van der Waals surface area contributed by atoms with Crippen LogP contribution in [0.1, 0.15) is 20.0 Å². The average Bonchev–Trinajstić information content (AvgIpc) is 3.20. The van der Waals surface area contributed by atoms with Crippen LogP contribution in [0.5, 0.6) is 5.75 Å². The van der Waals surface area contributed by atoms with Gasteiger partial charge in [-0.1, -0.05) is 41.9 Å². The predicted molar refractivity (Wildman–Crippen MR) is 133 cm³/mol. The number of nitrogens with one attached hydrogen (secondary N) is 2. The molecular weight excluding hydrogens is 476 g/mol. The van der Waals surface area contributed by atoms with E-state index in [0.29, 0.717) is 27.7 Å². The van der Waals surface area contributed by atoms with E-state index in [1.165, 1.54) is 18.4 Å². The van der Waals surface area contributed by atoms with Crippen LogP contribution in [0.4, 0.5) is 11.4 Å². The molecule has 0 unspecified atom stereocenters. The van der Waals surface area contributed by atoms with Crippen LogP contribution in [0.3, 0.4) is 0 Å². The van der Waals surface area contributed by atoms with Crippen LogP contribution in [-0.4, -0.2) is 31.5 Å². The largest absolute Gasteiger partial charge is 0.495 e. The monoisotopic (exact) mass is 494 g/mol. The Morgan fingerprint density at radius 3 is 2.35 bits per heavy atom. The second-order valence-electron chi connectivity index (χ2n) is 7.10. The Balaban J connectivity index is 1.32. The average molecular weight is 495 g/mol. The zero-order valence-corrected chi connectivity index (χ0v) is 19.5. The van der Waals surface area contributed by atoms with E-state index in [2.05, 4.69) is 10.6 Å². The summed E-state index contributed by atoms with van der Waals surface area (Å²) < 4.78 is 11.2. The molecule has 0 aliphatic carbocycles. The van der Waals surface area contributed by atoms with Gasteiger partial charge in [-0.2, -0.15) is 0 Å². The number of thiophene rings is 1. The van der Waals surface area contributed by atoms with Crippen molar-refractivity contribution in [2.75, 3.05) is 24.4 Å². The molecule has 0 bridgehead atoms. The number of rotatable bonds is 7. The number of benzene rings is 3.